The normalized spacial score (nSPS) is 10.1. The van der Waals surface area contributed by atoms with E-state index in [9.17, 15) is 9.18 Å². The molecule has 0 radical (unpaired) electrons. The maximum atomic E-state index is 13.2. The van der Waals surface area contributed by atoms with Crippen molar-refractivity contribution < 1.29 is 9.18 Å². The summed E-state index contributed by atoms with van der Waals surface area (Å²) in [7, 11) is 0. The van der Waals surface area contributed by atoms with E-state index in [4.69, 9.17) is 0 Å². The molecule has 3 nitrogen and oxygen atoms in total. The predicted octanol–water partition coefficient (Wildman–Crippen LogP) is 1.82. The lowest BCUT2D eigenvalue weighted by molar-refractivity contribution is 0.111. The van der Waals surface area contributed by atoms with Gasteiger partial charge in [0, 0.05) is 12.4 Å². The van der Waals surface area contributed by atoms with Gasteiger partial charge >= 0.3 is 0 Å². The Morgan fingerprint density at radius 2 is 2.21 bits per heavy atom. The van der Waals surface area contributed by atoms with Crippen LogP contribution in [-0.4, -0.2) is 16.1 Å². The van der Waals surface area contributed by atoms with Gasteiger partial charge in [0.25, 0.3) is 0 Å². The summed E-state index contributed by atoms with van der Waals surface area (Å²) in [6.07, 6.45) is 3.72. The van der Waals surface area contributed by atoms with Gasteiger partial charge in [0.15, 0.2) is 6.29 Å². The first-order valence-corrected chi connectivity index (χ1v) is 4.06. The van der Waals surface area contributed by atoms with E-state index in [1.54, 1.807) is 30.6 Å². The van der Waals surface area contributed by atoms with Gasteiger partial charge in [0.2, 0.25) is 0 Å². The van der Waals surface area contributed by atoms with E-state index >= 15 is 0 Å². The first-order valence-electron chi connectivity index (χ1n) is 4.06. The number of aromatic nitrogens is 2. The fraction of sp³-hybridized carbons (Fsp3) is 0. The van der Waals surface area contributed by atoms with Gasteiger partial charge in [-0.3, -0.25) is 4.79 Å². The zero-order valence-electron chi connectivity index (χ0n) is 7.22. The number of carbonyl (C=O) groups is 1. The SMILES string of the molecule is O=Cc1c(F)cccc1-n1cccn1. The Labute approximate surface area is 79.8 Å². The molecular formula is C10H7FN2O. The van der Waals surface area contributed by atoms with Crippen LogP contribution in [0.25, 0.3) is 5.69 Å². The summed E-state index contributed by atoms with van der Waals surface area (Å²) >= 11 is 0. The van der Waals surface area contributed by atoms with Gasteiger partial charge in [-0.05, 0) is 18.2 Å². The lowest BCUT2D eigenvalue weighted by Crippen LogP contribution is -2.01. The van der Waals surface area contributed by atoms with E-state index in [0.717, 1.165) is 0 Å². The number of benzene rings is 1. The molecule has 0 aliphatic rings. The highest BCUT2D eigenvalue weighted by molar-refractivity contribution is 5.81. The maximum Gasteiger partial charge on any atom is 0.155 e. The Balaban J connectivity index is 2.64. The standard InChI is InChI=1S/C10H7FN2O/c11-9-3-1-4-10(8(9)7-14)13-6-2-5-12-13/h1-7H. The summed E-state index contributed by atoms with van der Waals surface area (Å²) in [6, 6.07) is 6.13. The van der Waals surface area contributed by atoms with Crippen molar-refractivity contribution in [2.24, 2.45) is 0 Å². The van der Waals surface area contributed by atoms with Gasteiger partial charge in [-0.15, -0.1) is 0 Å². The molecule has 0 amide bonds. The summed E-state index contributed by atoms with van der Waals surface area (Å²) < 4.78 is 14.6. The number of carbonyl (C=O) groups excluding carboxylic acids is 1. The van der Waals surface area contributed by atoms with Gasteiger partial charge in [-0.1, -0.05) is 6.07 Å². The number of hydrogen-bond acceptors (Lipinski definition) is 2. The van der Waals surface area contributed by atoms with Crippen LogP contribution in [0.5, 0.6) is 0 Å². The zero-order chi connectivity index (χ0) is 9.97. The highest BCUT2D eigenvalue weighted by Crippen LogP contribution is 2.14. The summed E-state index contributed by atoms with van der Waals surface area (Å²) in [6.45, 7) is 0. The highest BCUT2D eigenvalue weighted by atomic mass is 19.1. The molecule has 0 fully saturated rings. The Bertz CT molecular complexity index is 451. The summed E-state index contributed by atoms with van der Waals surface area (Å²) in [5.41, 5.74) is 0.473. The first kappa shape index (κ1) is 8.62. The summed E-state index contributed by atoms with van der Waals surface area (Å²) in [5.74, 6) is -0.534. The molecule has 1 aromatic heterocycles. The largest absolute Gasteiger partial charge is 0.298 e. The minimum atomic E-state index is -0.534. The van der Waals surface area contributed by atoms with Crippen LogP contribution in [0.15, 0.2) is 36.7 Å². The number of hydrogen-bond donors (Lipinski definition) is 0. The van der Waals surface area contributed by atoms with E-state index in [1.165, 1.54) is 10.7 Å². The minimum absolute atomic E-state index is 0.0243. The van der Waals surface area contributed by atoms with Gasteiger partial charge in [0.1, 0.15) is 5.82 Å². The lowest BCUT2D eigenvalue weighted by atomic mass is 10.2. The molecular weight excluding hydrogens is 183 g/mol. The summed E-state index contributed by atoms with van der Waals surface area (Å²) in [4.78, 5) is 10.7. The van der Waals surface area contributed by atoms with Crippen LogP contribution >= 0.6 is 0 Å². The fourth-order valence-electron chi connectivity index (χ4n) is 1.25. The predicted molar refractivity (Wildman–Crippen MR) is 48.9 cm³/mol. The Morgan fingerprint density at radius 3 is 2.86 bits per heavy atom. The molecule has 70 valence electrons. The Hall–Kier alpha value is -1.97. The Kier molecular flexibility index (Phi) is 2.10. The van der Waals surface area contributed by atoms with Gasteiger partial charge in [-0.2, -0.15) is 5.10 Å². The third-order valence-electron chi connectivity index (χ3n) is 1.90. The van der Waals surface area contributed by atoms with Gasteiger partial charge < -0.3 is 0 Å². The van der Waals surface area contributed by atoms with E-state index < -0.39 is 5.82 Å². The monoisotopic (exact) mass is 190 g/mol. The van der Waals surface area contributed by atoms with Crippen LogP contribution < -0.4 is 0 Å². The van der Waals surface area contributed by atoms with Crippen molar-refractivity contribution in [2.45, 2.75) is 0 Å². The third kappa shape index (κ3) is 1.31. The fourth-order valence-corrected chi connectivity index (χ4v) is 1.25. The zero-order valence-corrected chi connectivity index (χ0v) is 7.22. The molecule has 0 bridgehead atoms. The van der Waals surface area contributed by atoms with Crippen LogP contribution in [-0.2, 0) is 0 Å². The van der Waals surface area contributed by atoms with Crippen molar-refractivity contribution in [3.05, 3.63) is 48.0 Å². The summed E-state index contributed by atoms with van der Waals surface area (Å²) in [5, 5.41) is 3.93. The average Bonchev–Trinajstić information content (AvgIpc) is 2.70. The second-order valence-electron chi connectivity index (χ2n) is 2.74. The molecule has 0 aliphatic carbocycles. The van der Waals surface area contributed by atoms with E-state index in [1.807, 2.05) is 0 Å². The molecule has 1 aromatic carbocycles. The highest BCUT2D eigenvalue weighted by Gasteiger charge is 2.08. The molecule has 0 atom stereocenters. The topological polar surface area (TPSA) is 34.9 Å². The van der Waals surface area contributed by atoms with Crippen molar-refractivity contribution in [1.29, 1.82) is 0 Å². The van der Waals surface area contributed by atoms with Crippen LogP contribution in [0, 0.1) is 5.82 Å². The lowest BCUT2D eigenvalue weighted by Gasteiger charge is -2.04. The smallest absolute Gasteiger partial charge is 0.155 e. The van der Waals surface area contributed by atoms with Crippen LogP contribution in [0.2, 0.25) is 0 Å². The second kappa shape index (κ2) is 3.41. The molecule has 14 heavy (non-hydrogen) atoms. The second-order valence-corrected chi connectivity index (χ2v) is 2.74. The minimum Gasteiger partial charge on any atom is -0.298 e. The first-order chi connectivity index (χ1) is 6.83. The molecule has 0 saturated carbocycles. The third-order valence-corrected chi connectivity index (χ3v) is 1.90. The van der Waals surface area contributed by atoms with Crippen molar-refractivity contribution >= 4 is 6.29 Å². The van der Waals surface area contributed by atoms with Crippen molar-refractivity contribution in [3.8, 4) is 5.69 Å². The van der Waals surface area contributed by atoms with Gasteiger partial charge in [0.05, 0.1) is 11.3 Å². The molecule has 2 rings (SSSR count). The van der Waals surface area contributed by atoms with Crippen molar-refractivity contribution in [3.63, 3.8) is 0 Å². The van der Waals surface area contributed by atoms with Crippen LogP contribution in [0.1, 0.15) is 10.4 Å². The molecule has 1 heterocycles. The number of halogens is 1. The van der Waals surface area contributed by atoms with Crippen molar-refractivity contribution in [2.75, 3.05) is 0 Å². The number of rotatable bonds is 2. The van der Waals surface area contributed by atoms with Crippen LogP contribution in [0.4, 0.5) is 4.39 Å². The number of aldehydes is 1. The van der Waals surface area contributed by atoms with E-state index in [2.05, 4.69) is 5.10 Å². The molecule has 0 saturated heterocycles. The van der Waals surface area contributed by atoms with Crippen LogP contribution in [0.3, 0.4) is 0 Å². The molecule has 4 heteroatoms. The molecule has 0 N–H and O–H groups in total. The van der Waals surface area contributed by atoms with E-state index in [-0.39, 0.29) is 5.56 Å². The Morgan fingerprint density at radius 1 is 1.36 bits per heavy atom. The van der Waals surface area contributed by atoms with Crippen molar-refractivity contribution in [1.82, 2.24) is 9.78 Å². The average molecular weight is 190 g/mol. The number of nitrogens with zero attached hydrogens (tertiary/aromatic N) is 2. The quantitative estimate of drug-likeness (QED) is 0.677. The molecule has 0 spiro atoms. The molecule has 0 unspecified atom stereocenters. The van der Waals surface area contributed by atoms with E-state index in [0.29, 0.717) is 12.0 Å². The molecule has 0 aliphatic heterocycles. The maximum absolute atomic E-state index is 13.2. The van der Waals surface area contributed by atoms with Gasteiger partial charge in [-0.25, -0.2) is 9.07 Å². The molecule has 2 aromatic rings.